The first-order valence-corrected chi connectivity index (χ1v) is 14.7. The van der Waals surface area contributed by atoms with Gasteiger partial charge in [-0.15, -0.1) is 0 Å². The highest BCUT2D eigenvalue weighted by molar-refractivity contribution is 6.03. The van der Waals surface area contributed by atoms with Crippen LogP contribution in [-0.4, -0.2) is 45.3 Å². The average molecular weight is 583 g/mol. The first kappa shape index (κ1) is 33.3. The van der Waals surface area contributed by atoms with Crippen LogP contribution >= 0.6 is 0 Å². The van der Waals surface area contributed by atoms with E-state index in [1.54, 1.807) is 34.5 Å². The predicted molar refractivity (Wildman–Crippen MR) is 168 cm³/mol. The quantitative estimate of drug-likeness (QED) is 0.243. The lowest BCUT2D eigenvalue weighted by molar-refractivity contribution is 0.0842. The summed E-state index contributed by atoms with van der Waals surface area (Å²) < 4.78 is 29.5. The van der Waals surface area contributed by atoms with E-state index in [1.165, 1.54) is 5.57 Å². The zero-order chi connectivity index (χ0) is 31.2. The molecule has 0 saturated carbocycles. The number of allylic oxidation sites excluding steroid dienone is 2. The zero-order valence-corrected chi connectivity index (χ0v) is 26.9. The maximum atomic E-state index is 13.8. The SMILES string of the molecule is COc1cc2c(c(OC)c1CCC(C)(C)N)C(=O)C[C@@H](c1ccc(OC)c(OC)c1C/C=C(\C)CCCC(C)(C)N)O2. The summed E-state index contributed by atoms with van der Waals surface area (Å²) in [6.07, 6.45) is 6.67. The van der Waals surface area contributed by atoms with Gasteiger partial charge in [-0.2, -0.15) is 0 Å². The Bertz CT molecular complexity index is 1290. The van der Waals surface area contributed by atoms with Crippen LogP contribution in [0.4, 0.5) is 0 Å². The molecule has 0 radical (unpaired) electrons. The van der Waals surface area contributed by atoms with E-state index in [2.05, 4.69) is 26.8 Å². The molecule has 0 spiro atoms. The van der Waals surface area contributed by atoms with E-state index in [4.69, 9.17) is 35.2 Å². The smallest absolute Gasteiger partial charge is 0.174 e. The maximum absolute atomic E-state index is 13.8. The summed E-state index contributed by atoms with van der Waals surface area (Å²) >= 11 is 0. The van der Waals surface area contributed by atoms with Gasteiger partial charge in [0.15, 0.2) is 17.3 Å². The van der Waals surface area contributed by atoms with E-state index < -0.39 is 6.10 Å². The summed E-state index contributed by atoms with van der Waals surface area (Å²) in [5.74, 6) is 2.76. The highest BCUT2D eigenvalue weighted by atomic mass is 16.5. The molecule has 1 aliphatic rings. The van der Waals surface area contributed by atoms with Crippen LogP contribution in [0.3, 0.4) is 0 Å². The molecule has 0 amide bonds. The number of carbonyl (C=O) groups is 1. The van der Waals surface area contributed by atoms with Gasteiger partial charge in [-0.25, -0.2) is 0 Å². The van der Waals surface area contributed by atoms with E-state index in [-0.39, 0.29) is 23.3 Å². The molecule has 8 nitrogen and oxygen atoms in total. The second kappa shape index (κ2) is 13.8. The number of benzene rings is 2. The lowest BCUT2D eigenvalue weighted by Crippen LogP contribution is -2.32. The van der Waals surface area contributed by atoms with Crippen LogP contribution in [0.15, 0.2) is 29.8 Å². The molecule has 0 saturated heterocycles. The van der Waals surface area contributed by atoms with E-state index in [9.17, 15) is 4.79 Å². The molecular weight excluding hydrogens is 532 g/mol. The van der Waals surface area contributed by atoms with Gasteiger partial charge in [0.1, 0.15) is 28.9 Å². The summed E-state index contributed by atoms with van der Waals surface area (Å²) in [6.45, 7) is 10.2. The Morgan fingerprint density at radius 3 is 2.14 bits per heavy atom. The number of hydrogen-bond donors (Lipinski definition) is 2. The van der Waals surface area contributed by atoms with Gasteiger partial charge in [-0.1, -0.05) is 17.7 Å². The van der Waals surface area contributed by atoms with Crippen LogP contribution in [0.25, 0.3) is 0 Å². The molecule has 1 atom stereocenters. The van der Waals surface area contributed by atoms with E-state index in [1.807, 2.05) is 26.0 Å². The Labute approximate surface area is 251 Å². The summed E-state index contributed by atoms with van der Waals surface area (Å²) in [7, 11) is 6.43. The Balaban J connectivity index is 2.01. The van der Waals surface area contributed by atoms with Gasteiger partial charge >= 0.3 is 0 Å². The number of rotatable bonds is 14. The molecule has 232 valence electrons. The van der Waals surface area contributed by atoms with Crippen molar-refractivity contribution < 1.29 is 28.5 Å². The van der Waals surface area contributed by atoms with Crippen molar-refractivity contribution >= 4 is 5.78 Å². The number of ether oxygens (including phenoxy) is 5. The summed E-state index contributed by atoms with van der Waals surface area (Å²) in [5.41, 5.74) is 16.2. The lowest BCUT2D eigenvalue weighted by Gasteiger charge is -2.30. The van der Waals surface area contributed by atoms with Crippen LogP contribution in [0.2, 0.25) is 0 Å². The number of hydrogen-bond acceptors (Lipinski definition) is 8. The average Bonchev–Trinajstić information content (AvgIpc) is 2.92. The molecule has 4 N–H and O–H groups in total. The summed E-state index contributed by atoms with van der Waals surface area (Å²) in [5, 5.41) is 0. The molecule has 1 aliphatic heterocycles. The second-order valence-corrected chi connectivity index (χ2v) is 12.7. The van der Waals surface area contributed by atoms with Crippen molar-refractivity contribution in [1.29, 1.82) is 0 Å². The lowest BCUT2D eigenvalue weighted by atomic mass is 9.88. The molecule has 3 rings (SSSR count). The van der Waals surface area contributed by atoms with Crippen molar-refractivity contribution in [2.24, 2.45) is 11.5 Å². The number of Topliss-reactive ketones (excluding diaryl/α,β-unsaturated/α-hetero) is 1. The highest BCUT2D eigenvalue weighted by Gasteiger charge is 2.35. The topological polar surface area (TPSA) is 115 Å². The number of carbonyl (C=O) groups excluding carboxylic acids is 1. The fourth-order valence-electron chi connectivity index (χ4n) is 5.46. The summed E-state index contributed by atoms with van der Waals surface area (Å²) in [6, 6.07) is 5.62. The number of nitrogens with two attached hydrogens (primary N) is 2. The van der Waals surface area contributed by atoms with Crippen LogP contribution < -0.4 is 35.2 Å². The van der Waals surface area contributed by atoms with Crippen molar-refractivity contribution in [3.8, 4) is 28.7 Å². The van der Waals surface area contributed by atoms with Gasteiger partial charge in [0, 0.05) is 33.8 Å². The first-order chi connectivity index (χ1) is 19.7. The van der Waals surface area contributed by atoms with Gasteiger partial charge in [0.2, 0.25) is 0 Å². The maximum Gasteiger partial charge on any atom is 0.174 e. The van der Waals surface area contributed by atoms with Crippen LogP contribution in [0.5, 0.6) is 28.7 Å². The van der Waals surface area contributed by atoms with Gasteiger partial charge < -0.3 is 35.2 Å². The molecule has 0 fully saturated rings. The Kier molecular flexibility index (Phi) is 11.0. The van der Waals surface area contributed by atoms with E-state index in [0.717, 1.165) is 36.0 Å². The molecule has 0 aliphatic carbocycles. The predicted octanol–water partition coefficient (Wildman–Crippen LogP) is 6.49. The van der Waals surface area contributed by atoms with Gasteiger partial charge in [0.25, 0.3) is 0 Å². The third kappa shape index (κ3) is 8.19. The molecule has 0 unspecified atom stereocenters. The van der Waals surface area contributed by atoms with Crippen LogP contribution in [0.1, 0.15) is 99.9 Å². The Hall–Kier alpha value is -3.23. The van der Waals surface area contributed by atoms with Gasteiger partial charge in [-0.05, 0) is 79.2 Å². The third-order valence-electron chi connectivity index (χ3n) is 7.75. The van der Waals surface area contributed by atoms with Crippen LogP contribution in [-0.2, 0) is 12.8 Å². The minimum absolute atomic E-state index is 0.0501. The fourth-order valence-corrected chi connectivity index (χ4v) is 5.46. The molecule has 2 aromatic carbocycles. The minimum Gasteiger partial charge on any atom is -0.496 e. The van der Waals surface area contributed by atoms with Crippen molar-refractivity contribution in [2.45, 2.75) is 96.7 Å². The minimum atomic E-state index is -0.519. The third-order valence-corrected chi connectivity index (χ3v) is 7.75. The molecule has 0 aromatic heterocycles. The fraction of sp³-hybridized carbons (Fsp3) is 0.559. The molecular formula is C34H50N2O6. The van der Waals surface area contributed by atoms with Gasteiger partial charge in [0.05, 0.1) is 34.9 Å². The molecule has 0 bridgehead atoms. The number of methoxy groups -OCH3 is 4. The summed E-state index contributed by atoms with van der Waals surface area (Å²) in [4.78, 5) is 13.8. The normalized spacial score (nSPS) is 15.6. The molecule has 1 heterocycles. The van der Waals surface area contributed by atoms with Crippen molar-refractivity contribution in [3.05, 3.63) is 52.1 Å². The highest BCUT2D eigenvalue weighted by Crippen LogP contribution is 2.47. The first-order valence-electron chi connectivity index (χ1n) is 14.7. The van der Waals surface area contributed by atoms with Crippen molar-refractivity contribution in [3.63, 3.8) is 0 Å². The van der Waals surface area contributed by atoms with Crippen LogP contribution in [0, 0.1) is 0 Å². The van der Waals surface area contributed by atoms with Crippen molar-refractivity contribution in [2.75, 3.05) is 28.4 Å². The standard InChI is InChI=1S/C34H50N2O6/c1-21(11-10-17-33(2,3)35)12-13-23-22(14-15-26(38-6)31(23)40-8)28-19-25(37)30-29(42-28)20-27(39-7)24(32(30)41-9)16-18-34(4,5)36/h12,14-15,20,28H,10-11,13,16-19,35-36H2,1-9H3/b21-12+/t28-/m0/s1. The van der Waals surface area contributed by atoms with E-state index in [0.29, 0.717) is 53.6 Å². The second-order valence-electron chi connectivity index (χ2n) is 12.7. The number of ketones is 1. The Morgan fingerprint density at radius 1 is 0.929 bits per heavy atom. The molecule has 8 heteroatoms. The Morgan fingerprint density at radius 2 is 1.57 bits per heavy atom. The van der Waals surface area contributed by atoms with Crippen molar-refractivity contribution in [1.82, 2.24) is 0 Å². The largest absolute Gasteiger partial charge is 0.496 e. The van der Waals surface area contributed by atoms with Gasteiger partial charge in [-0.3, -0.25) is 4.79 Å². The van der Waals surface area contributed by atoms with E-state index >= 15 is 0 Å². The molecule has 42 heavy (non-hydrogen) atoms. The zero-order valence-electron chi connectivity index (χ0n) is 26.9. The molecule has 2 aromatic rings. The monoisotopic (exact) mass is 582 g/mol. The number of fused-ring (bicyclic) bond motifs is 1.